The summed E-state index contributed by atoms with van der Waals surface area (Å²) in [6.45, 7) is 8.66. The van der Waals surface area contributed by atoms with E-state index < -0.39 is 5.97 Å². The minimum absolute atomic E-state index is 0.0441. The number of carbonyl (C=O) groups is 2. The van der Waals surface area contributed by atoms with Crippen LogP contribution in [0.2, 0.25) is 0 Å². The van der Waals surface area contributed by atoms with Crippen LogP contribution in [0.4, 0.5) is 0 Å². The van der Waals surface area contributed by atoms with Gasteiger partial charge in [0.2, 0.25) is 0 Å². The number of aryl methyl sites for hydroxylation is 1. The van der Waals surface area contributed by atoms with E-state index in [0.29, 0.717) is 44.1 Å². The van der Waals surface area contributed by atoms with E-state index in [0.717, 1.165) is 35.0 Å². The van der Waals surface area contributed by atoms with Gasteiger partial charge in [-0.25, -0.2) is 4.79 Å². The predicted molar refractivity (Wildman–Crippen MR) is 122 cm³/mol. The number of benzene rings is 1. The number of rotatable bonds is 15. The van der Waals surface area contributed by atoms with Crippen molar-refractivity contribution in [2.24, 2.45) is 0 Å². The number of ether oxygens (including phenoxy) is 4. The van der Waals surface area contributed by atoms with E-state index >= 15 is 0 Å². The maximum Gasteiger partial charge on any atom is 0.340 e. The average molecular weight is 450 g/mol. The molecule has 0 fully saturated rings. The number of esters is 1. The molecular formula is C24H35NO7. The van der Waals surface area contributed by atoms with E-state index in [1.807, 2.05) is 19.9 Å². The van der Waals surface area contributed by atoms with Crippen molar-refractivity contribution in [3.05, 3.63) is 29.0 Å². The summed E-state index contributed by atoms with van der Waals surface area (Å²) in [4.78, 5) is 23.6. The highest BCUT2D eigenvalue weighted by Crippen LogP contribution is 2.34. The third-order valence-electron chi connectivity index (χ3n) is 5.24. The third-order valence-corrected chi connectivity index (χ3v) is 5.24. The van der Waals surface area contributed by atoms with Gasteiger partial charge in [0.15, 0.2) is 0 Å². The summed E-state index contributed by atoms with van der Waals surface area (Å²) < 4.78 is 24.1. The Morgan fingerprint density at radius 3 is 2.50 bits per heavy atom. The van der Waals surface area contributed by atoms with E-state index in [1.54, 1.807) is 14.0 Å². The van der Waals surface area contributed by atoms with E-state index in [4.69, 9.17) is 24.1 Å². The normalized spacial score (nSPS) is 11.1. The number of carboxylic acids is 1. The molecule has 0 amide bonds. The summed E-state index contributed by atoms with van der Waals surface area (Å²) >= 11 is 0. The Morgan fingerprint density at radius 2 is 1.84 bits per heavy atom. The quantitative estimate of drug-likeness (QED) is 0.324. The fourth-order valence-corrected chi connectivity index (χ4v) is 3.72. The van der Waals surface area contributed by atoms with E-state index in [2.05, 4.69) is 10.6 Å². The Kier molecular flexibility index (Phi) is 10.5. The van der Waals surface area contributed by atoms with Crippen LogP contribution in [0.5, 0.6) is 5.75 Å². The van der Waals surface area contributed by atoms with Gasteiger partial charge in [-0.2, -0.15) is 0 Å². The van der Waals surface area contributed by atoms with Gasteiger partial charge in [-0.3, -0.25) is 4.79 Å². The second-order valence-corrected chi connectivity index (χ2v) is 7.45. The molecule has 0 atom stereocenters. The summed E-state index contributed by atoms with van der Waals surface area (Å²) in [7, 11) is 1.65. The van der Waals surface area contributed by atoms with Crippen LogP contribution in [-0.4, -0.2) is 61.8 Å². The predicted octanol–water partition coefficient (Wildman–Crippen LogP) is 3.99. The number of hydrogen-bond donors (Lipinski definition) is 1. The number of nitrogens with zero attached hydrogens (tertiary/aromatic N) is 1. The molecule has 0 saturated heterocycles. The zero-order valence-electron chi connectivity index (χ0n) is 19.6. The molecule has 0 spiro atoms. The lowest BCUT2D eigenvalue weighted by Crippen LogP contribution is -2.09. The van der Waals surface area contributed by atoms with Crippen LogP contribution in [0, 0.1) is 6.92 Å². The van der Waals surface area contributed by atoms with Gasteiger partial charge >= 0.3 is 11.9 Å². The Bertz CT molecular complexity index is 904. The van der Waals surface area contributed by atoms with Crippen molar-refractivity contribution in [3.8, 4) is 5.75 Å². The standard InChI is InChI=1S/C24H35NO7/c1-5-30-12-7-9-18-15-20-19(16-21(18)32-13-8-10-22(26)27)23(24(28)31-6-2)17(3)25(20)11-14-29-4/h15-16H,5-14H2,1-4H3,(H,26,27). The van der Waals surface area contributed by atoms with E-state index in [1.165, 1.54) is 0 Å². The molecule has 1 aromatic heterocycles. The lowest BCUT2D eigenvalue weighted by Gasteiger charge is -2.14. The van der Waals surface area contributed by atoms with Crippen LogP contribution in [0.25, 0.3) is 10.9 Å². The lowest BCUT2D eigenvalue weighted by molar-refractivity contribution is -0.137. The van der Waals surface area contributed by atoms with Crippen molar-refractivity contribution in [2.45, 2.75) is 53.0 Å². The number of methoxy groups -OCH3 is 1. The first-order chi connectivity index (χ1) is 15.4. The topological polar surface area (TPSA) is 96.2 Å². The van der Waals surface area contributed by atoms with Gasteiger partial charge in [0.25, 0.3) is 0 Å². The van der Waals surface area contributed by atoms with Gasteiger partial charge in [-0.15, -0.1) is 0 Å². The van der Waals surface area contributed by atoms with Crippen molar-refractivity contribution in [2.75, 3.05) is 40.1 Å². The highest BCUT2D eigenvalue weighted by molar-refractivity contribution is 6.06. The van der Waals surface area contributed by atoms with E-state index in [-0.39, 0.29) is 25.6 Å². The van der Waals surface area contributed by atoms with Crippen molar-refractivity contribution >= 4 is 22.8 Å². The number of hydrogen-bond acceptors (Lipinski definition) is 6. The Labute approximate surface area is 189 Å². The van der Waals surface area contributed by atoms with Crippen LogP contribution < -0.4 is 4.74 Å². The van der Waals surface area contributed by atoms with Crippen molar-refractivity contribution in [3.63, 3.8) is 0 Å². The fraction of sp³-hybridized carbons (Fsp3) is 0.583. The first-order valence-corrected chi connectivity index (χ1v) is 11.2. The average Bonchev–Trinajstić information content (AvgIpc) is 3.02. The minimum Gasteiger partial charge on any atom is -0.493 e. The molecule has 0 saturated carbocycles. The van der Waals surface area contributed by atoms with Gasteiger partial charge in [-0.05, 0) is 57.7 Å². The molecule has 0 bridgehead atoms. The van der Waals surface area contributed by atoms with Crippen LogP contribution in [0.3, 0.4) is 0 Å². The molecule has 0 aliphatic heterocycles. The van der Waals surface area contributed by atoms with Gasteiger partial charge in [-0.1, -0.05) is 0 Å². The van der Waals surface area contributed by atoms with Crippen LogP contribution in [0.1, 0.15) is 54.7 Å². The number of carboxylic acid groups (broad SMARTS) is 1. The monoisotopic (exact) mass is 449 g/mol. The molecule has 8 heteroatoms. The first-order valence-electron chi connectivity index (χ1n) is 11.2. The zero-order chi connectivity index (χ0) is 23.5. The number of aliphatic carboxylic acids is 1. The van der Waals surface area contributed by atoms with E-state index in [9.17, 15) is 9.59 Å². The summed E-state index contributed by atoms with van der Waals surface area (Å²) in [6.07, 6.45) is 2.02. The largest absolute Gasteiger partial charge is 0.493 e. The molecule has 0 radical (unpaired) electrons. The summed E-state index contributed by atoms with van der Waals surface area (Å²) in [6, 6.07) is 3.94. The molecule has 0 aliphatic rings. The second-order valence-electron chi connectivity index (χ2n) is 7.45. The SMILES string of the molecule is CCOCCCc1cc2c(cc1OCCCC(=O)O)c(C(=O)OCC)c(C)n2CCOC. The molecule has 178 valence electrons. The second kappa shape index (κ2) is 13.1. The highest BCUT2D eigenvalue weighted by Gasteiger charge is 2.23. The van der Waals surface area contributed by atoms with Gasteiger partial charge in [0.1, 0.15) is 5.75 Å². The van der Waals surface area contributed by atoms with Crippen LogP contribution in [-0.2, 0) is 32.0 Å². The maximum atomic E-state index is 12.8. The van der Waals surface area contributed by atoms with Gasteiger partial charge in [0.05, 0.1) is 25.4 Å². The van der Waals surface area contributed by atoms with Crippen molar-refractivity contribution in [1.29, 1.82) is 0 Å². The molecule has 1 aromatic carbocycles. The first kappa shape index (κ1) is 25.7. The molecule has 2 rings (SSSR count). The summed E-state index contributed by atoms with van der Waals surface area (Å²) in [5.74, 6) is -0.558. The Balaban J connectivity index is 2.49. The highest BCUT2D eigenvalue weighted by atomic mass is 16.5. The number of fused-ring (bicyclic) bond motifs is 1. The molecule has 0 aliphatic carbocycles. The number of aromatic nitrogens is 1. The molecule has 0 unspecified atom stereocenters. The smallest absolute Gasteiger partial charge is 0.340 e. The van der Waals surface area contributed by atoms with Crippen LogP contribution in [0.15, 0.2) is 12.1 Å². The Hall–Kier alpha value is -2.58. The molecular weight excluding hydrogens is 414 g/mol. The molecule has 1 N–H and O–H groups in total. The minimum atomic E-state index is -0.851. The van der Waals surface area contributed by atoms with Gasteiger partial charge < -0.3 is 28.6 Å². The third kappa shape index (κ3) is 6.71. The molecule has 1 heterocycles. The molecule has 32 heavy (non-hydrogen) atoms. The summed E-state index contributed by atoms with van der Waals surface area (Å²) in [5.41, 5.74) is 3.26. The van der Waals surface area contributed by atoms with Crippen molar-refractivity contribution in [1.82, 2.24) is 4.57 Å². The summed E-state index contributed by atoms with van der Waals surface area (Å²) in [5, 5.41) is 9.65. The fourth-order valence-electron chi connectivity index (χ4n) is 3.72. The Morgan fingerprint density at radius 1 is 1.06 bits per heavy atom. The lowest BCUT2D eigenvalue weighted by atomic mass is 10.0. The number of carbonyl (C=O) groups excluding carboxylic acids is 1. The zero-order valence-corrected chi connectivity index (χ0v) is 19.6. The maximum absolute atomic E-state index is 12.8. The molecule has 8 nitrogen and oxygen atoms in total. The molecule has 2 aromatic rings. The van der Waals surface area contributed by atoms with Gasteiger partial charge in [0, 0.05) is 49.9 Å². The van der Waals surface area contributed by atoms with Crippen LogP contribution >= 0.6 is 0 Å². The van der Waals surface area contributed by atoms with Crippen molar-refractivity contribution < 1.29 is 33.6 Å².